The first-order valence-corrected chi connectivity index (χ1v) is 4.88. The van der Waals surface area contributed by atoms with Gasteiger partial charge in [0, 0.05) is 19.1 Å². The Labute approximate surface area is 80.0 Å². The van der Waals surface area contributed by atoms with Gasteiger partial charge in [-0.15, -0.1) is 12.3 Å². The fourth-order valence-corrected chi connectivity index (χ4v) is 1.65. The lowest BCUT2D eigenvalue weighted by Gasteiger charge is -2.15. The summed E-state index contributed by atoms with van der Waals surface area (Å²) in [7, 11) is 0. The molecule has 1 heterocycles. The van der Waals surface area contributed by atoms with E-state index in [1.807, 2.05) is 0 Å². The van der Waals surface area contributed by atoms with E-state index in [9.17, 15) is 0 Å². The molecule has 3 heteroatoms. The Morgan fingerprint density at radius 1 is 1.69 bits per heavy atom. The van der Waals surface area contributed by atoms with Crippen molar-refractivity contribution in [1.29, 1.82) is 0 Å². The number of hydrogen-bond donors (Lipinski definition) is 2. The molecule has 1 rings (SSSR count). The van der Waals surface area contributed by atoms with Crippen LogP contribution in [0.4, 0.5) is 0 Å². The second-order valence-corrected chi connectivity index (χ2v) is 3.48. The Balaban J connectivity index is 2.11. The van der Waals surface area contributed by atoms with E-state index in [4.69, 9.17) is 17.0 Å². The van der Waals surface area contributed by atoms with Crippen LogP contribution in [0, 0.1) is 12.3 Å². The molecule has 3 N–H and O–H groups in total. The summed E-state index contributed by atoms with van der Waals surface area (Å²) in [5, 5.41) is 0. The second kappa shape index (κ2) is 5.98. The molecule has 74 valence electrons. The van der Waals surface area contributed by atoms with Crippen LogP contribution in [0.25, 0.3) is 0 Å². The maximum Gasteiger partial charge on any atom is 0.0576 e. The first-order valence-electron chi connectivity index (χ1n) is 4.88. The van der Waals surface area contributed by atoms with E-state index in [1.165, 1.54) is 12.8 Å². The summed E-state index contributed by atoms with van der Waals surface area (Å²) in [6.07, 6.45) is 10.8. The molecule has 0 aromatic heterocycles. The van der Waals surface area contributed by atoms with Gasteiger partial charge in [0.15, 0.2) is 0 Å². The molecular weight excluding hydrogens is 164 g/mol. The summed E-state index contributed by atoms with van der Waals surface area (Å²) in [4.78, 5) is 0. The summed E-state index contributed by atoms with van der Waals surface area (Å²) in [5.74, 6) is 7.97. The van der Waals surface area contributed by atoms with Crippen LogP contribution in [0.3, 0.4) is 0 Å². The predicted octanol–water partition coefficient (Wildman–Crippen LogP) is 0.801. The molecule has 1 saturated heterocycles. The van der Waals surface area contributed by atoms with Gasteiger partial charge in [0.2, 0.25) is 0 Å². The van der Waals surface area contributed by atoms with E-state index in [2.05, 4.69) is 11.3 Å². The van der Waals surface area contributed by atoms with E-state index in [-0.39, 0.29) is 6.04 Å². The van der Waals surface area contributed by atoms with Gasteiger partial charge in [-0.25, -0.2) is 0 Å². The van der Waals surface area contributed by atoms with Gasteiger partial charge in [-0.05, 0) is 25.7 Å². The van der Waals surface area contributed by atoms with E-state index in [0.29, 0.717) is 12.5 Å². The van der Waals surface area contributed by atoms with Crippen LogP contribution in [0.15, 0.2) is 0 Å². The first-order chi connectivity index (χ1) is 6.36. The highest BCUT2D eigenvalue weighted by Gasteiger charge is 2.16. The molecule has 0 bridgehead atoms. The van der Waals surface area contributed by atoms with Crippen molar-refractivity contribution in [3.63, 3.8) is 0 Å². The quantitative estimate of drug-likeness (QED) is 0.375. The van der Waals surface area contributed by atoms with E-state index in [0.717, 1.165) is 19.4 Å². The molecular formula is C10H18N2O. The Kier molecular flexibility index (Phi) is 4.84. The van der Waals surface area contributed by atoms with Crippen LogP contribution >= 0.6 is 0 Å². The fraction of sp³-hybridized carbons (Fsp3) is 0.800. The number of hydrogen-bond acceptors (Lipinski definition) is 3. The van der Waals surface area contributed by atoms with Crippen molar-refractivity contribution in [2.75, 3.05) is 6.61 Å². The normalized spacial score (nSPS) is 24.2. The average Bonchev–Trinajstić information content (AvgIpc) is 2.64. The highest BCUT2D eigenvalue weighted by molar-refractivity contribution is 4.89. The zero-order valence-electron chi connectivity index (χ0n) is 7.96. The molecule has 3 nitrogen and oxygen atoms in total. The van der Waals surface area contributed by atoms with Crippen molar-refractivity contribution in [2.45, 2.75) is 44.2 Å². The number of nitrogens with one attached hydrogen (secondary N) is 1. The summed E-state index contributed by atoms with van der Waals surface area (Å²) >= 11 is 0. The minimum atomic E-state index is 0.245. The molecule has 2 unspecified atom stereocenters. The molecule has 0 radical (unpaired) electrons. The molecule has 0 amide bonds. The zero-order valence-corrected chi connectivity index (χ0v) is 7.96. The third-order valence-corrected chi connectivity index (χ3v) is 2.46. The van der Waals surface area contributed by atoms with Gasteiger partial charge in [0.25, 0.3) is 0 Å². The third kappa shape index (κ3) is 3.77. The highest BCUT2D eigenvalue weighted by Crippen LogP contribution is 2.17. The lowest BCUT2D eigenvalue weighted by Crippen LogP contribution is -2.35. The second-order valence-electron chi connectivity index (χ2n) is 3.48. The topological polar surface area (TPSA) is 47.3 Å². The smallest absolute Gasteiger partial charge is 0.0576 e. The average molecular weight is 182 g/mol. The molecule has 2 atom stereocenters. The van der Waals surface area contributed by atoms with Crippen LogP contribution in [0.5, 0.6) is 0 Å². The summed E-state index contributed by atoms with van der Waals surface area (Å²) in [6, 6.07) is 0.245. The molecule has 0 aliphatic carbocycles. The van der Waals surface area contributed by atoms with Crippen LogP contribution in [0.2, 0.25) is 0 Å². The number of terminal acetylenes is 1. The van der Waals surface area contributed by atoms with Gasteiger partial charge in [0.05, 0.1) is 6.10 Å². The third-order valence-electron chi connectivity index (χ3n) is 2.46. The van der Waals surface area contributed by atoms with Gasteiger partial charge in [-0.3, -0.25) is 11.3 Å². The van der Waals surface area contributed by atoms with Crippen molar-refractivity contribution in [3.8, 4) is 12.3 Å². The fourth-order valence-electron chi connectivity index (χ4n) is 1.65. The lowest BCUT2D eigenvalue weighted by atomic mass is 10.0. The van der Waals surface area contributed by atoms with Crippen molar-refractivity contribution < 1.29 is 4.74 Å². The van der Waals surface area contributed by atoms with Crippen LogP contribution in [0.1, 0.15) is 32.1 Å². The first kappa shape index (κ1) is 10.5. The highest BCUT2D eigenvalue weighted by atomic mass is 16.5. The Hall–Kier alpha value is -0.560. The van der Waals surface area contributed by atoms with E-state index < -0.39 is 0 Å². The summed E-state index contributed by atoms with van der Waals surface area (Å²) < 4.78 is 5.51. The molecule has 0 aromatic rings. The van der Waals surface area contributed by atoms with Gasteiger partial charge in [-0.2, -0.15) is 0 Å². The molecule has 0 aromatic carbocycles. The Bertz CT molecular complexity index is 170. The standard InChI is InChI=1S/C10H18N2O/c1-2-4-9(12-11)6-7-10-5-3-8-13-10/h1,9-10,12H,3-8,11H2. The largest absolute Gasteiger partial charge is 0.378 e. The lowest BCUT2D eigenvalue weighted by molar-refractivity contribution is 0.0997. The van der Waals surface area contributed by atoms with E-state index in [1.54, 1.807) is 0 Å². The van der Waals surface area contributed by atoms with E-state index >= 15 is 0 Å². The number of nitrogens with two attached hydrogens (primary N) is 1. The van der Waals surface area contributed by atoms with Gasteiger partial charge < -0.3 is 4.74 Å². The molecule has 13 heavy (non-hydrogen) atoms. The Morgan fingerprint density at radius 2 is 2.54 bits per heavy atom. The zero-order chi connectivity index (χ0) is 9.52. The Morgan fingerprint density at radius 3 is 3.08 bits per heavy atom. The van der Waals surface area contributed by atoms with Crippen molar-refractivity contribution in [3.05, 3.63) is 0 Å². The number of rotatable bonds is 5. The van der Waals surface area contributed by atoms with Crippen LogP contribution in [-0.2, 0) is 4.74 Å². The molecule has 1 aliphatic rings. The van der Waals surface area contributed by atoms with Crippen LogP contribution < -0.4 is 11.3 Å². The van der Waals surface area contributed by atoms with Crippen LogP contribution in [-0.4, -0.2) is 18.8 Å². The molecule has 1 aliphatic heterocycles. The maximum atomic E-state index is 5.51. The molecule has 0 spiro atoms. The van der Waals surface area contributed by atoms with Gasteiger partial charge >= 0.3 is 0 Å². The minimum Gasteiger partial charge on any atom is -0.378 e. The van der Waals surface area contributed by atoms with Crippen molar-refractivity contribution in [1.82, 2.24) is 5.43 Å². The van der Waals surface area contributed by atoms with Gasteiger partial charge in [-0.1, -0.05) is 0 Å². The SMILES string of the molecule is C#CCC(CCC1CCCO1)NN. The van der Waals surface area contributed by atoms with Crippen molar-refractivity contribution >= 4 is 0 Å². The summed E-state index contributed by atoms with van der Waals surface area (Å²) in [6.45, 7) is 0.917. The maximum absolute atomic E-state index is 5.51. The number of ether oxygens (including phenoxy) is 1. The molecule has 0 saturated carbocycles. The minimum absolute atomic E-state index is 0.245. The number of hydrazine groups is 1. The predicted molar refractivity (Wildman–Crippen MR) is 52.8 cm³/mol. The summed E-state index contributed by atoms with van der Waals surface area (Å²) in [5.41, 5.74) is 2.73. The van der Waals surface area contributed by atoms with Crippen molar-refractivity contribution in [2.24, 2.45) is 5.84 Å². The monoisotopic (exact) mass is 182 g/mol. The van der Waals surface area contributed by atoms with Gasteiger partial charge in [0.1, 0.15) is 0 Å². The molecule has 1 fully saturated rings.